The molecule has 2 unspecified atom stereocenters. The summed E-state index contributed by atoms with van der Waals surface area (Å²) in [6, 6.07) is 15.4. The molecule has 332 valence electrons. The fourth-order valence-electron chi connectivity index (χ4n) is 8.13. The van der Waals surface area contributed by atoms with E-state index in [0.29, 0.717) is 54.6 Å². The van der Waals surface area contributed by atoms with E-state index >= 15 is 0 Å². The Morgan fingerprint density at radius 1 is 0.683 bits per heavy atom. The molecule has 4 amide bonds. The Hall–Kier alpha value is -6.46. The first kappa shape index (κ1) is 46.1. The fraction of sp³-hybridized carbons (Fsp3) is 0.378. The summed E-state index contributed by atoms with van der Waals surface area (Å²) < 4.78 is 13.8. The second-order valence-electron chi connectivity index (χ2n) is 16.0. The first-order valence-corrected chi connectivity index (χ1v) is 20.5. The van der Waals surface area contributed by atoms with Crippen LogP contribution in [-0.4, -0.2) is 116 Å². The van der Waals surface area contributed by atoms with E-state index in [4.69, 9.17) is 15.7 Å². The number of piperidine rings is 2. The zero-order valence-corrected chi connectivity index (χ0v) is 35.8. The van der Waals surface area contributed by atoms with Crippen molar-refractivity contribution in [3.05, 3.63) is 88.4 Å². The van der Waals surface area contributed by atoms with E-state index in [-0.39, 0.29) is 61.2 Å². The third kappa shape index (κ3) is 9.79. The number of carbonyl (C=O) groups excluding carboxylic acids is 4. The highest BCUT2D eigenvalue weighted by Crippen LogP contribution is 2.32. The average molecular weight is 881 g/mol. The van der Waals surface area contributed by atoms with Crippen molar-refractivity contribution in [2.75, 3.05) is 45.6 Å². The Morgan fingerprint density at radius 2 is 1.19 bits per heavy atom. The number of aromatic amines is 2. The maximum atomic E-state index is 13.8. The Kier molecular flexibility index (Phi) is 14.1. The number of benzene rings is 2. The molecule has 4 aliphatic rings. The molecule has 2 fully saturated rings. The van der Waals surface area contributed by atoms with Crippen LogP contribution < -0.4 is 21.7 Å². The molecule has 18 heteroatoms. The van der Waals surface area contributed by atoms with Gasteiger partial charge in [0.05, 0.1) is 33.5 Å². The van der Waals surface area contributed by atoms with E-state index < -0.39 is 5.95 Å². The molecule has 16 nitrogen and oxygen atoms in total. The number of hydrogen-bond acceptors (Lipinski definition) is 10. The van der Waals surface area contributed by atoms with Crippen LogP contribution in [0.25, 0.3) is 44.6 Å². The second-order valence-corrected chi connectivity index (χ2v) is 16.0. The van der Waals surface area contributed by atoms with Crippen molar-refractivity contribution in [3.8, 4) is 22.5 Å². The van der Waals surface area contributed by atoms with Gasteiger partial charge in [-0.2, -0.15) is 4.39 Å². The Morgan fingerprint density at radius 3 is 1.70 bits per heavy atom. The summed E-state index contributed by atoms with van der Waals surface area (Å²) in [5.74, 6) is 0.426. The number of amides is 4. The molecule has 0 saturated carbocycles. The number of nitrogens with one attached hydrogen (secondary N) is 5. The van der Waals surface area contributed by atoms with Gasteiger partial charge in [0.25, 0.3) is 11.8 Å². The van der Waals surface area contributed by atoms with Gasteiger partial charge in [-0.25, -0.2) is 19.9 Å². The van der Waals surface area contributed by atoms with Crippen molar-refractivity contribution in [1.82, 2.24) is 50.3 Å². The Labute approximate surface area is 370 Å². The Balaban J connectivity index is 0.000000176. The topological polar surface area (TPSA) is 220 Å². The third-order valence-corrected chi connectivity index (χ3v) is 11.5. The zero-order valence-electron chi connectivity index (χ0n) is 35.0. The number of fused-ring (bicyclic) bond motifs is 4. The van der Waals surface area contributed by atoms with Crippen molar-refractivity contribution in [2.45, 2.75) is 71.9 Å². The van der Waals surface area contributed by atoms with Crippen LogP contribution >= 0.6 is 12.4 Å². The number of nitrogens with two attached hydrogens (primary N) is 1. The highest BCUT2D eigenvalue weighted by Gasteiger charge is 2.26. The van der Waals surface area contributed by atoms with Gasteiger partial charge in [0, 0.05) is 112 Å². The number of carbonyl (C=O) groups is 4. The second kappa shape index (κ2) is 19.3. The molecule has 4 aliphatic heterocycles. The molecule has 8 heterocycles. The third-order valence-electron chi connectivity index (χ3n) is 11.5. The standard InChI is InChI=1S/C22H24N6O2.C16H13FN4O.C6H12N2O.CH4.ClH/c1-12-21(25-13-6-7-19(29)28(2)11-13)27-20-14(4-3-5-17(20)24-12)18-10-15-16(26-18)8-9-23-22(15)30;1-8-15(17)21-14-9(3-2-4-12(14)19-8)13-7-10-11(20-13)5-6-18-16(10)22;1-8-4-5(7)2-3-6(8)9;;/h3-5,10,13,26H,6-9,11H2,1-2H3,(H,23,30)(H,25,27);2-4,7,20H,5-6H2,1H3,(H,18,22);5H,2-4,7H2,1H3;1H4;1H. The molecule has 0 spiro atoms. The zero-order chi connectivity index (χ0) is 42.9. The smallest absolute Gasteiger partial charge is 0.253 e. The monoisotopic (exact) mass is 880 g/mol. The van der Waals surface area contributed by atoms with Crippen LogP contribution in [0.3, 0.4) is 0 Å². The summed E-state index contributed by atoms with van der Waals surface area (Å²) in [5, 5.41) is 9.18. The van der Waals surface area contributed by atoms with Gasteiger partial charge >= 0.3 is 0 Å². The van der Waals surface area contributed by atoms with E-state index in [9.17, 15) is 23.6 Å². The molecule has 10 rings (SSSR count). The molecule has 0 bridgehead atoms. The largest absolute Gasteiger partial charge is 0.364 e. The van der Waals surface area contributed by atoms with Gasteiger partial charge in [0.2, 0.25) is 17.8 Å². The molecule has 6 aromatic rings. The summed E-state index contributed by atoms with van der Waals surface area (Å²) in [4.78, 5) is 74.7. The van der Waals surface area contributed by atoms with Gasteiger partial charge in [-0.1, -0.05) is 31.7 Å². The van der Waals surface area contributed by atoms with E-state index in [1.54, 1.807) is 35.9 Å². The summed E-state index contributed by atoms with van der Waals surface area (Å²) >= 11 is 0. The van der Waals surface area contributed by atoms with Crippen molar-refractivity contribution >= 4 is 63.9 Å². The first-order chi connectivity index (χ1) is 29.3. The van der Waals surface area contributed by atoms with Gasteiger partial charge in [0.1, 0.15) is 16.9 Å². The van der Waals surface area contributed by atoms with E-state index in [1.165, 1.54) is 0 Å². The maximum Gasteiger partial charge on any atom is 0.253 e. The van der Waals surface area contributed by atoms with Crippen LogP contribution in [0.2, 0.25) is 0 Å². The molecular formula is C45H54ClFN12O4. The molecule has 63 heavy (non-hydrogen) atoms. The van der Waals surface area contributed by atoms with E-state index in [2.05, 4.69) is 35.9 Å². The number of nitrogens with zero attached hydrogens (tertiary/aromatic N) is 6. The molecule has 0 radical (unpaired) electrons. The summed E-state index contributed by atoms with van der Waals surface area (Å²) in [7, 11) is 3.62. The number of para-hydroxylation sites is 2. The van der Waals surface area contributed by atoms with E-state index in [0.717, 1.165) is 88.7 Å². The minimum absolute atomic E-state index is 0. The number of likely N-dealkylation sites (N-methyl/N-ethyl adjacent to an activating group) is 2. The van der Waals surface area contributed by atoms with Crippen LogP contribution in [-0.2, 0) is 22.4 Å². The minimum atomic E-state index is -0.575. The van der Waals surface area contributed by atoms with Gasteiger partial charge in [-0.05, 0) is 51.0 Å². The highest BCUT2D eigenvalue weighted by molar-refractivity contribution is 6.00. The molecule has 2 saturated heterocycles. The molecular weight excluding hydrogens is 827 g/mol. The lowest BCUT2D eigenvalue weighted by molar-refractivity contribution is -0.132. The summed E-state index contributed by atoms with van der Waals surface area (Å²) in [6.45, 7) is 6.17. The van der Waals surface area contributed by atoms with Crippen molar-refractivity contribution in [2.24, 2.45) is 5.73 Å². The highest BCUT2D eigenvalue weighted by atomic mass is 35.5. The molecule has 7 N–H and O–H groups in total. The van der Waals surface area contributed by atoms with Crippen LogP contribution in [0.5, 0.6) is 0 Å². The molecule has 0 aliphatic carbocycles. The lowest BCUT2D eigenvalue weighted by atomic mass is 10.1. The summed E-state index contributed by atoms with van der Waals surface area (Å²) in [5.41, 5.74) is 15.9. The van der Waals surface area contributed by atoms with Crippen molar-refractivity contribution in [1.29, 1.82) is 0 Å². The number of hydrogen-bond donors (Lipinski definition) is 6. The quantitative estimate of drug-likeness (QED) is 0.135. The van der Waals surface area contributed by atoms with Gasteiger partial charge < -0.3 is 41.5 Å². The lowest BCUT2D eigenvalue weighted by Gasteiger charge is -2.30. The molecule has 2 atom stereocenters. The molecule has 2 aromatic carbocycles. The van der Waals surface area contributed by atoms with Crippen molar-refractivity contribution < 1.29 is 23.6 Å². The van der Waals surface area contributed by atoms with Crippen LogP contribution in [0.15, 0.2) is 48.5 Å². The van der Waals surface area contributed by atoms with E-state index in [1.807, 2.05) is 50.4 Å². The predicted molar refractivity (Wildman–Crippen MR) is 243 cm³/mol. The Bertz CT molecular complexity index is 2700. The number of aromatic nitrogens is 6. The first-order valence-electron chi connectivity index (χ1n) is 20.5. The number of halogens is 2. The van der Waals surface area contributed by atoms with Gasteiger partial charge in [0.15, 0.2) is 0 Å². The number of likely N-dealkylation sites (tertiary alicyclic amines) is 2. The average Bonchev–Trinajstić information content (AvgIpc) is 3.88. The van der Waals surface area contributed by atoms with Crippen LogP contribution in [0.4, 0.5) is 10.2 Å². The maximum absolute atomic E-state index is 13.8. The lowest BCUT2D eigenvalue weighted by Crippen LogP contribution is -2.43. The van der Waals surface area contributed by atoms with Gasteiger partial charge in [-0.15, -0.1) is 12.4 Å². The summed E-state index contributed by atoms with van der Waals surface area (Å²) in [6.07, 6.45) is 4.33. The normalized spacial score (nSPS) is 18.1. The number of anilines is 1. The van der Waals surface area contributed by atoms with Gasteiger partial charge in [-0.3, -0.25) is 19.2 Å². The predicted octanol–water partition coefficient (Wildman–Crippen LogP) is 5.23. The minimum Gasteiger partial charge on any atom is -0.364 e. The van der Waals surface area contributed by atoms with Crippen LogP contribution in [0, 0.1) is 19.8 Å². The van der Waals surface area contributed by atoms with Crippen molar-refractivity contribution in [3.63, 3.8) is 0 Å². The number of aryl methyl sites for hydroxylation is 2. The molecule has 4 aromatic heterocycles. The SMILES string of the molecule is C.CN1CC(N)CCC1=O.Cc1nc2cccc(-c3cc4c([nH]3)CCNC4=O)c2nc1F.Cc1nc2cccc(-c3cc4c([nH]3)CCNC4=O)c2nc1NC1CCC(=O)N(C)C1.Cl. The fourth-order valence-corrected chi connectivity index (χ4v) is 8.13. The number of H-pyrrole nitrogens is 2. The number of rotatable bonds is 4. The van der Waals surface area contributed by atoms with Crippen LogP contribution in [0.1, 0.15) is 76.6 Å².